The van der Waals surface area contributed by atoms with Crippen LogP contribution < -0.4 is 10.6 Å². The summed E-state index contributed by atoms with van der Waals surface area (Å²) in [6.07, 6.45) is 1.01. The molecule has 0 spiro atoms. The molecule has 0 aliphatic rings. The Morgan fingerprint density at radius 3 is 2.65 bits per heavy atom. The summed E-state index contributed by atoms with van der Waals surface area (Å²) in [5, 5.41) is 5.99. The molecule has 0 aliphatic carbocycles. The number of hydrogen-bond acceptors (Lipinski definition) is 2. The maximum atomic E-state index is 11.5. The Labute approximate surface area is 104 Å². The van der Waals surface area contributed by atoms with E-state index in [1.165, 1.54) is 11.1 Å². The van der Waals surface area contributed by atoms with Crippen LogP contribution in [0.3, 0.4) is 0 Å². The lowest BCUT2D eigenvalue weighted by molar-refractivity contribution is -0.119. The molecule has 3 nitrogen and oxygen atoms in total. The van der Waals surface area contributed by atoms with Crippen LogP contribution in [0, 0.1) is 6.92 Å². The van der Waals surface area contributed by atoms with Crippen molar-refractivity contribution in [3.8, 4) is 0 Å². The van der Waals surface area contributed by atoms with Gasteiger partial charge in [0.15, 0.2) is 0 Å². The van der Waals surface area contributed by atoms with E-state index in [1.54, 1.807) is 0 Å². The van der Waals surface area contributed by atoms with Gasteiger partial charge in [0.25, 0.3) is 0 Å². The van der Waals surface area contributed by atoms with Crippen molar-refractivity contribution in [2.45, 2.75) is 40.2 Å². The van der Waals surface area contributed by atoms with Crippen LogP contribution in [0.5, 0.6) is 0 Å². The molecule has 0 aromatic heterocycles. The quantitative estimate of drug-likeness (QED) is 0.822. The van der Waals surface area contributed by atoms with E-state index >= 15 is 0 Å². The van der Waals surface area contributed by atoms with Crippen LogP contribution in [0.2, 0.25) is 0 Å². The Bertz CT molecular complexity index is 386. The van der Waals surface area contributed by atoms with Crippen molar-refractivity contribution in [2.24, 2.45) is 0 Å². The van der Waals surface area contributed by atoms with E-state index in [1.807, 2.05) is 19.9 Å². The molecule has 17 heavy (non-hydrogen) atoms. The van der Waals surface area contributed by atoms with E-state index < -0.39 is 0 Å². The van der Waals surface area contributed by atoms with Crippen molar-refractivity contribution in [1.29, 1.82) is 0 Å². The number of nitrogens with one attached hydrogen (secondary N) is 2. The first kappa shape index (κ1) is 13.6. The average molecular weight is 234 g/mol. The van der Waals surface area contributed by atoms with E-state index in [4.69, 9.17) is 0 Å². The standard InChI is InChI=1S/C14H22N2O/c1-5-12-8-13(7-6-11(12)4)15-9-14(17)16-10(2)3/h6-8,10,15H,5,9H2,1-4H3,(H,16,17). The zero-order valence-electron chi connectivity index (χ0n) is 11.1. The van der Waals surface area contributed by atoms with Crippen molar-refractivity contribution in [3.05, 3.63) is 29.3 Å². The van der Waals surface area contributed by atoms with Crippen LogP contribution in [0.25, 0.3) is 0 Å². The monoisotopic (exact) mass is 234 g/mol. The number of aryl methyl sites for hydroxylation is 2. The first-order chi connectivity index (χ1) is 8.02. The molecule has 1 aromatic carbocycles. The summed E-state index contributed by atoms with van der Waals surface area (Å²) in [7, 11) is 0. The highest BCUT2D eigenvalue weighted by Crippen LogP contribution is 2.15. The van der Waals surface area contributed by atoms with Crippen LogP contribution >= 0.6 is 0 Å². The normalized spacial score (nSPS) is 10.4. The molecule has 0 radical (unpaired) electrons. The molecule has 0 aliphatic heterocycles. The number of rotatable bonds is 5. The number of amides is 1. The van der Waals surface area contributed by atoms with Crippen molar-refractivity contribution < 1.29 is 4.79 Å². The lowest BCUT2D eigenvalue weighted by atomic mass is 10.1. The summed E-state index contributed by atoms with van der Waals surface area (Å²) >= 11 is 0. The summed E-state index contributed by atoms with van der Waals surface area (Å²) in [5.74, 6) is 0.0265. The molecule has 2 N–H and O–H groups in total. The first-order valence-corrected chi connectivity index (χ1v) is 6.15. The molecule has 0 atom stereocenters. The summed E-state index contributed by atoms with van der Waals surface area (Å²) in [4.78, 5) is 11.5. The molecule has 0 saturated heterocycles. The van der Waals surface area contributed by atoms with E-state index in [2.05, 4.69) is 36.6 Å². The fourth-order valence-corrected chi connectivity index (χ4v) is 1.72. The van der Waals surface area contributed by atoms with Crippen LogP contribution in [0.4, 0.5) is 5.69 Å². The lowest BCUT2D eigenvalue weighted by Crippen LogP contribution is -2.34. The third-order valence-corrected chi connectivity index (χ3v) is 2.63. The van der Waals surface area contributed by atoms with E-state index in [-0.39, 0.29) is 11.9 Å². The Morgan fingerprint density at radius 2 is 2.06 bits per heavy atom. The van der Waals surface area contributed by atoms with Gasteiger partial charge in [-0.3, -0.25) is 4.79 Å². The largest absolute Gasteiger partial charge is 0.376 e. The molecule has 0 saturated carbocycles. The van der Waals surface area contributed by atoms with Gasteiger partial charge in [-0.2, -0.15) is 0 Å². The van der Waals surface area contributed by atoms with Crippen LogP contribution in [-0.4, -0.2) is 18.5 Å². The SMILES string of the molecule is CCc1cc(NCC(=O)NC(C)C)ccc1C. The van der Waals surface area contributed by atoms with Crippen LogP contribution in [0.15, 0.2) is 18.2 Å². The highest BCUT2D eigenvalue weighted by molar-refractivity contribution is 5.80. The van der Waals surface area contributed by atoms with Gasteiger partial charge in [0.2, 0.25) is 5.91 Å². The minimum absolute atomic E-state index is 0.0265. The number of benzene rings is 1. The summed E-state index contributed by atoms with van der Waals surface area (Å²) in [6.45, 7) is 8.48. The van der Waals surface area contributed by atoms with Crippen LogP contribution in [0.1, 0.15) is 31.9 Å². The number of carbonyl (C=O) groups excluding carboxylic acids is 1. The van der Waals surface area contributed by atoms with Crippen molar-refractivity contribution >= 4 is 11.6 Å². The van der Waals surface area contributed by atoms with E-state index in [9.17, 15) is 4.79 Å². The molecule has 1 aromatic rings. The third kappa shape index (κ3) is 4.47. The van der Waals surface area contributed by atoms with Gasteiger partial charge >= 0.3 is 0 Å². The minimum atomic E-state index is 0.0265. The Hall–Kier alpha value is -1.51. The topological polar surface area (TPSA) is 41.1 Å². The number of carbonyl (C=O) groups is 1. The summed E-state index contributed by atoms with van der Waals surface area (Å²) in [5.41, 5.74) is 3.62. The van der Waals surface area contributed by atoms with Crippen molar-refractivity contribution in [2.75, 3.05) is 11.9 Å². The van der Waals surface area contributed by atoms with Crippen LogP contribution in [-0.2, 0) is 11.2 Å². The molecule has 94 valence electrons. The number of anilines is 1. The Morgan fingerprint density at radius 1 is 1.35 bits per heavy atom. The van der Waals surface area contributed by atoms with Gasteiger partial charge < -0.3 is 10.6 Å². The molecule has 0 bridgehead atoms. The fraction of sp³-hybridized carbons (Fsp3) is 0.500. The van der Waals surface area contributed by atoms with Gasteiger partial charge in [-0.05, 0) is 50.5 Å². The molecule has 1 amide bonds. The third-order valence-electron chi connectivity index (χ3n) is 2.63. The highest BCUT2D eigenvalue weighted by Gasteiger charge is 2.03. The zero-order chi connectivity index (χ0) is 12.8. The highest BCUT2D eigenvalue weighted by atomic mass is 16.1. The fourth-order valence-electron chi connectivity index (χ4n) is 1.72. The maximum Gasteiger partial charge on any atom is 0.239 e. The first-order valence-electron chi connectivity index (χ1n) is 6.15. The van der Waals surface area contributed by atoms with Gasteiger partial charge in [0.05, 0.1) is 6.54 Å². The maximum absolute atomic E-state index is 11.5. The van der Waals surface area contributed by atoms with Gasteiger partial charge in [0.1, 0.15) is 0 Å². The van der Waals surface area contributed by atoms with Gasteiger partial charge in [0, 0.05) is 11.7 Å². The average Bonchev–Trinajstić information content (AvgIpc) is 2.27. The van der Waals surface area contributed by atoms with E-state index in [0.717, 1.165) is 12.1 Å². The minimum Gasteiger partial charge on any atom is -0.376 e. The van der Waals surface area contributed by atoms with Crippen molar-refractivity contribution in [1.82, 2.24) is 5.32 Å². The molecule has 0 heterocycles. The Balaban J connectivity index is 2.55. The molecule has 0 unspecified atom stereocenters. The second kappa shape index (κ2) is 6.28. The second-order valence-electron chi connectivity index (χ2n) is 4.57. The molecule has 1 rings (SSSR count). The summed E-state index contributed by atoms with van der Waals surface area (Å²) in [6, 6.07) is 6.39. The Kier molecular flexibility index (Phi) is 5.01. The molecular weight excluding hydrogens is 212 g/mol. The number of hydrogen-bond donors (Lipinski definition) is 2. The molecule has 0 fully saturated rings. The predicted molar refractivity (Wildman–Crippen MR) is 72.3 cm³/mol. The van der Waals surface area contributed by atoms with Crippen molar-refractivity contribution in [3.63, 3.8) is 0 Å². The zero-order valence-corrected chi connectivity index (χ0v) is 11.1. The molecular formula is C14H22N2O. The van der Waals surface area contributed by atoms with Gasteiger partial charge in [-0.15, -0.1) is 0 Å². The summed E-state index contributed by atoms with van der Waals surface area (Å²) < 4.78 is 0. The second-order valence-corrected chi connectivity index (χ2v) is 4.57. The predicted octanol–water partition coefficient (Wildman–Crippen LogP) is 2.49. The smallest absolute Gasteiger partial charge is 0.239 e. The molecule has 3 heteroatoms. The lowest BCUT2D eigenvalue weighted by Gasteiger charge is -2.11. The van der Waals surface area contributed by atoms with E-state index in [0.29, 0.717) is 6.54 Å². The van der Waals surface area contributed by atoms with Gasteiger partial charge in [-0.1, -0.05) is 13.0 Å². The van der Waals surface area contributed by atoms with Gasteiger partial charge in [-0.25, -0.2) is 0 Å².